The molecule has 2 aromatic rings. The van der Waals surface area contributed by atoms with E-state index in [1.807, 2.05) is 6.92 Å². The van der Waals surface area contributed by atoms with E-state index >= 15 is 0 Å². The largest absolute Gasteiger partial charge is 0.494 e. The monoisotopic (exact) mass is 348 g/mol. The zero-order valence-corrected chi connectivity index (χ0v) is 14.2. The Kier molecular flexibility index (Phi) is 5.94. The first-order chi connectivity index (χ1) is 11.4. The topological polar surface area (TPSA) is 98.5 Å². The summed E-state index contributed by atoms with van der Waals surface area (Å²) >= 11 is 0. The molecular formula is C17H20N2O4S. The molecule has 0 radical (unpaired) electrons. The van der Waals surface area contributed by atoms with Gasteiger partial charge in [-0.25, -0.2) is 13.6 Å². The second kappa shape index (κ2) is 7.94. The number of nitrogens with two attached hydrogens (primary N) is 1. The predicted octanol–water partition coefficient (Wildman–Crippen LogP) is 2.05. The van der Waals surface area contributed by atoms with Gasteiger partial charge in [-0.2, -0.15) is 0 Å². The van der Waals surface area contributed by atoms with Crippen LogP contribution < -0.4 is 15.2 Å². The molecule has 1 amide bonds. The molecule has 0 fully saturated rings. The normalized spacial score (nSPS) is 11.1. The van der Waals surface area contributed by atoms with E-state index in [0.717, 1.165) is 17.7 Å². The van der Waals surface area contributed by atoms with Crippen molar-refractivity contribution in [2.24, 2.45) is 5.14 Å². The van der Waals surface area contributed by atoms with Crippen LogP contribution in [-0.4, -0.2) is 20.9 Å². The molecule has 7 heteroatoms. The van der Waals surface area contributed by atoms with Gasteiger partial charge in [-0.05, 0) is 48.4 Å². The Hall–Kier alpha value is -2.38. The third-order valence-corrected chi connectivity index (χ3v) is 4.22. The number of hydrogen-bond donors (Lipinski definition) is 2. The second-order valence-corrected chi connectivity index (χ2v) is 6.81. The molecule has 0 aliphatic heterocycles. The van der Waals surface area contributed by atoms with Crippen LogP contribution in [0.2, 0.25) is 0 Å². The summed E-state index contributed by atoms with van der Waals surface area (Å²) in [6.45, 7) is 2.95. The fourth-order valence-corrected chi connectivity index (χ4v) is 2.52. The minimum Gasteiger partial charge on any atom is -0.494 e. The number of primary sulfonamides is 1. The number of hydrogen-bond acceptors (Lipinski definition) is 4. The molecule has 0 unspecified atom stereocenters. The van der Waals surface area contributed by atoms with E-state index in [1.165, 1.54) is 12.1 Å². The zero-order chi connectivity index (χ0) is 17.6. The van der Waals surface area contributed by atoms with Crippen LogP contribution in [0.3, 0.4) is 0 Å². The van der Waals surface area contributed by atoms with E-state index in [0.29, 0.717) is 12.2 Å². The van der Waals surface area contributed by atoms with Crippen LogP contribution in [0.1, 0.15) is 29.3 Å². The summed E-state index contributed by atoms with van der Waals surface area (Å²) in [7, 11) is -3.70. The highest BCUT2D eigenvalue weighted by Gasteiger charge is 2.08. The number of carbonyl (C=O) groups is 1. The standard InChI is InChI=1S/C17H20N2O4S/c1-2-11-23-15-7-5-14(6-8-15)17(20)19-12-13-3-9-16(10-4-13)24(18,21)22/h3-10H,2,11-12H2,1H3,(H,19,20)(H2,18,21,22). The van der Waals surface area contributed by atoms with Crippen LogP contribution in [0, 0.1) is 0 Å². The number of carbonyl (C=O) groups excluding carboxylic acids is 1. The Balaban J connectivity index is 1.93. The van der Waals surface area contributed by atoms with Crippen LogP contribution >= 0.6 is 0 Å². The molecule has 0 spiro atoms. The average molecular weight is 348 g/mol. The second-order valence-electron chi connectivity index (χ2n) is 5.24. The molecular weight excluding hydrogens is 328 g/mol. The molecule has 0 aliphatic carbocycles. The fraction of sp³-hybridized carbons (Fsp3) is 0.235. The minimum absolute atomic E-state index is 0.0419. The lowest BCUT2D eigenvalue weighted by molar-refractivity contribution is 0.0951. The van der Waals surface area contributed by atoms with Gasteiger partial charge in [0.25, 0.3) is 5.91 Å². The molecule has 0 bridgehead atoms. The summed E-state index contributed by atoms with van der Waals surface area (Å²) in [5.74, 6) is 0.513. The molecule has 128 valence electrons. The Morgan fingerprint density at radius 3 is 2.25 bits per heavy atom. The van der Waals surface area contributed by atoms with Gasteiger partial charge in [0.2, 0.25) is 10.0 Å². The van der Waals surface area contributed by atoms with Gasteiger partial charge in [0.05, 0.1) is 11.5 Å². The van der Waals surface area contributed by atoms with Crippen LogP contribution in [-0.2, 0) is 16.6 Å². The summed E-state index contributed by atoms with van der Waals surface area (Å²) in [5, 5.41) is 7.82. The van der Waals surface area contributed by atoms with Gasteiger partial charge < -0.3 is 10.1 Å². The Labute approximate surface area is 141 Å². The predicted molar refractivity (Wildman–Crippen MR) is 91.2 cm³/mol. The molecule has 2 aromatic carbocycles. The average Bonchev–Trinajstić information content (AvgIpc) is 2.58. The van der Waals surface area contributed by atoms with Gasteiger partial charge in [0.15, 0.2) is 0 Å². The van der Waals surface area contributed by atoms with Gasteiger partial charge in [0, 0.05) is 12.1 Å². The van der Waals surface area contributed by atoms with Crippen molar-refractivity contribution in [3.05, 3.63) is 59.7 Å². The first-order valence-corrected chi connectivity index (χ1v) is 9.07. The number of rotatable bonds is 7. The van der Waals surface area contributed by atoms with Crippen LogP contribution in [0.5, 0.6) is 5.75 Å². The first kappa shape index (κ1) is 18.0. The van der Waals surface area contributed by atoms with E-state index in [4.69, 9.17) is 9.88 Å². The third-order valence-electron chi connectivity index (χ3n) is 3.29. The number of sulfonamides is 1. The first-order valence-electron chi connectivity index (χ1n) is 7.53. The highest BCUT2D eigenvalue weighted by molar-refractivity contribution is 7.89. The van der Waals surface area contributed by atoms with E-state index in [2.05, 4.69) is 5.32 Å². The molecule has 3 N–H and O–H groups in total. The van der Waals surface area contributed by atoms with Crippen molar-refractivity contribution in [2.45, 2.75) is 24.8 Å². The molecule has 0 aromatic heterocycles. The Morgan fingerprint density at radius 1 is 1.08 bits per heavy atom. The molecule has 6 nitrogen and oxygen atoms in total. The summed E-state index contributed by atoms with van der Waals surface area (Å²) in [6.07, 6.45) is 0.923. The summed E-state index contributed by atoms with van der Waals surface area (Å²) in [5.41, 5.74) is 1.30. The van der Waals surface area contributed by atoms with Gasteiger partial charge in [-0.1, -0.05) is 19.1 Å². The lowest BCUT2D eigenvalue weighted by atomic mass is 10.2. The van der Waals surface area contributed by atoms with E-state index in [9.17, 15) is 13.2 Å². The zero-order valence-electron chi connectivity index (χ0n) is 13.4. The molecule has 24 heavy (non-hydrogen) atoms. The molecule has 0 saturated heterocycles. The van der Waals surface area contributed by atoms with E-state index in [-0.39, 0.29) is 17.3 Å². The quantitative estimate of drug-likeness (QED) is 0.800. The van der Waals surface area contributed by atoms with Crippen molar-refractivity contribution in [3.8, 4) is 5.75 Å². The summed E-state index contributed by atoms with van der Waals surface area (Å²) in [6, 6.07) is 13.0. The number of ether oxygens (including phenoxy) is 1. The SMILES string of the molecule is CCCOc1ccc(C(=O)NCc2ccc(S(N)(=O)=O)cc2)cc1. The summed E-state index contributed by atoms with van der Waals surface area (Å²) < 4.78 is 27.8. The van der Waals surface area contributed by atoms with E-state index in [1.54, 1.807) is 36.4 Å². The number of amides is 1. The maximum atomic E-state index is 12.1. The number of benzene rings is 2. The van der Waals surface area contributed by atoms with Crippen molar-refractivity contribution in [1.82, 2.24) is 5.32 Å². The van der Waals surface area contributed by atoms with Gasteiger partial charge >= 0.3 is 0 Å². The highest BCUT2D eigenvalue weighted by Crippen LogP contribution is 2.13. The van der Waals surface area contributed by atoms with Crippen molar-refractivity contribution in [3.63, 3.8) is 0 Å². The van der Waals surface area contributed by atoms with Gasteiger partial charge in [-0.15, -0.1) is 0 Å². The minimum atomic E-state index is -3.70. The third kappa shape index (κ3) is 5.07. The van der Waals surface area contributed by atoms with Gasteiger partial charge in [0.1, 0.15) is 5.75 Å². The summed E-state index contributed by atoms with van der Waals surface area (Å²) in [4.78, 5) is 12.1. The molecule has 0 saturated carbocycles. The van der Waals surface area contributed by atoms with Crippen molar-refractivity contribution < 1.29 is 17.9 Å². The molecule has 0 atom stereocenters. The molecule has 2 rings (SSSR count). The maximum absolute atomic E-state index is 12.1. The maximum Gasteiger partial charge on any atom is 0.251 e. The van der Waals surface area contributed by atoms with Gasteiger partial charge in [-0.3, -0.25) is 4.79 Å². The van der Waals surface area contributed by atoms with Crippen LogP contribution in [0.4, 0.5) is 0 Å². The Bertz CT molecular complexity index is 784. The highest BCUT2D eigenvalue weighted by atomic mass is 32.2. The van der Waals surface area contributed by atoms with Crippen LogP contribution in [0.15, 0.2) is 53.4 Å². The number of nitrogens with one attached hydrogen (secondary N) is 1. The lowest BCUT2D eigenvalue weighted by Gasteiger charge is -2.08. The van der Waals surface area contributed by atoms with Crippen molar-refractivity contribution >= 4 is 15.9 Å². The smallest absolute Gasteiger partial charge is 0.251 e. The Morgan fingerprint density at radius 2 is 1.71 bits per heavy atom. The van der Waals surface area contributed by atoms with Crippen molar-refractivity contribution in [1.29, 1.82) is 0 Å². The fourth-order valence-electron chi connectivity index (χ4n) is 2.00. The van der Waals surface area contributed by atoms with Crippen LogP contribution in [0.25, 0.3) is 0 Å². The molecule has 0 heterocycles. The molecule has 0 aliphatic rings. The van der Waals surface area contributed by atoms with E-state index < -0.39 is 10.0 Å². The lowest BCUT2D eigenvalue weighted by Crippen LogP contribution is -2.22. The van der Waals surface area contributed by atoms with Crippen molar-refractivity contribution in [2.75, 3.05) is 6.61 Å².